The number of anilines is 1. The molecule has 0 amide bonds. The molecule has 1 aliphatic heterocycles. The Labute approximate surface area is 107 Å². The van der Waals surface area contributed by atoms with E-state index in [1.807, 2.05) is 0 Å². The number of halogens is 2. The molecule has 1 aromatic rings. The van der Waals surface area contributed by atoms with Crippen LogP contribution in [0.5, 0.6) is 0 Å². The van der Waals surface area contributed by atoms with Gasteiger partial charge in [0.1, 0.15) is 5.82 Å². The van der Waals surface area contributed by atoms with Crippen LogP contribution < -0.4 is 10.2 Å². The van der Waals surface area contributed by atoms with Gasteiger partial charge in [0, 0.05) is 19.1 Å². The van der Waals surface area contributed by atoms with Crippen LogP contribution >= 0.6 is 11.6 Å². The predicted octanol–water partition coefficient (Wildman–Crippen LogP) is 3.06. The summed E-state index contributed by atoms with van der Waals surface area (Å²) >= 11 is 6.10. The first-order valence-electron chi connectivity index (χ1n) is 6.14. The first kappa shape index (κ1) is 12.7. The summed E-state index contributed by atoms with van der Waals surface area (Å²) in [4.78, 5) is 2.06. The van der Waals surface area contributed by atoms with Crippen molar-refractivity contribution in [2.24, 2.45) is 0 Å². The predicted molar refractivity (Wildman–Crippen MR) is 70.3 cm³/mol. The van der Waals surface area contributed by atoms with E-state index in [0.717, 1.165) is 32.5 Å². The van der Waals surface area contributed by atoms with Crippen molar-refractivity contribution in [1.82, 2.24) is 5.32 Å². The third kappa shape index (κ3) is 2.90. The molecule has 0 bridgehead atoms. The fourth-order valence-electron chi connectivity index (χ4n) is 2.27. The highest BCUT2D eigenvalue weighted by Gasteiger charge is 2.20. The lowest BCUT2D eigenvalue weighted by atomic mass is 10.2. The number of para-hydroxylation sites is 1. The Morgan fingerprint density at radius 1 is 1.53 bits per heavy atom. The molecule has 1 saturated heterocycles. The molecule has 94 valence electrons. The fraction of sp³-hybridized carbons (Fsp3) is 0.538. The van der Waals surface area contributed by atoms with E-state index in [4.69, 9.17) is 11.6 Å². The Morgan fingerprint density at radius 2 is 2.35 bits per heavy atom. The average molecular weight is 257 g/mol. The molecule has 0 spiro atoms. The molecule has 1 N–H and O–H groups in total. The van der Waals surface area contributed by atoms with Crippen LogP contribution in [0.2, 0.25) is 5.02 Å². The number of rotatable bonds is 2. The lowest BCUT2D eigenvalue weighted by Crippen LogP contribution is -2.37. The van der Waals surface area contributed by atoms with E-state index in [2.05, 4.69) is 17.1 Å². The number of nitrogens with one attached hydrogen (secondary N) is 1. The molecule has 1 unspecified atom stereocenters. The highest BCUT2D eigenvalue weighted by atomic mass is 35.5. The average Bonchev–Trinajstić information content (AvgIpc) is 2.54. The quantitative estimate of drug-likeness (QED) is 0.875. The third-order valence-electron chi connectivity index (χ3n) is 3.23. The molecular formula is C13H18ClFN2. The first-order valence-corrected chi connectivity index (χ1v) is 6.52. The van der Waals surface area contributed by atoms with E-state index in [0.29, 0.717) is 16.8 Å². The smallest absolute Gasteiger partial charge is 0.148 e. The summed E-state index contributed by atoms with van der Waals surface area (Å²) in [7, 11) is 0. The molecule has 1 aromatic carbocycles. The van der Waals surface area contributed by atoms with Crippen LogP contribution in [0.15, 0.2) is 18.2 Å². The number of hydrogen-bond donors (Lipinski definition) is 1. The summed E-state index contributed by atoms with van der Waals surface area (Å²) in [5.41, 5.74) is 0.552. The summed E-state index contributed by atoms with van der Waals surface area (Å²) in [5, 5.41) is 3.96. The number of nitrogens with zero attached hydrogens (tertiary/aromatic N) is 1. The second kappa shape index (κ2) is 5.69. The van der Waals surface area contributed by atoms with Gasteiger partial charge in [-0.25, -0.2) is 4.39 Å². The maximum absolute atomic E-state index is 13.9. The summed E-state index contributed by atoms with van der Waals surface area (Å²) in [5.74, 6) is -0.228. The van der Waals surface area contributed by atoms with Crippen molar-refractivity contribution in [3.05, 3.63) is 29.0 Å². The van der Waals surface area contributed by atoms with Crippen LogP contribution in [0.25, 0.3) is 0 Å². The van der Waals surface area contributed by atoms with Gasteiger partial charge in [-0.1, -0.05) is 24.6 Å². The minimum atomic E-state index is -0.228. The van der Waals surface area contributed by atoms with Gasteiger partial charge < -0.3 is 10.2 Å². The Hall–Kier alpha value is -0.800. The van der Waals surface area contributed by atoms with Crippen LogP contribution in [0.4, 0.5) is 10.1 Å². The van der Waals surface area contributed by atoms with E-state index in [-0.39, 0.29) is 5.82 Å². The zero-order valence-corrected chi connectivity index (χ0v) is 10.8. The van der Waals surface area contributed by atoms with Gasteiger partial charge in [-0.05, 0) is 31.5 Å². The maximum Gasteiger partial charge on any atom is 0.148 e. The standard InChI is InChI=1S/C13H18ClFN2/c1-2-10-9-17(8-4-7-16-10)13-11(14)5-3-6-12(13)15/h3,5-6,10,16H,2,4,7-9H2,1H3. The Bertz CT molecular complexity index is 363. The minimum Gasteiger partial charge on any atom is -0.366 e. The van der Waals surface area contributed by atoms with Crippen molar-refractivity contribution in [2.45, 2.75) is 25.8 Å². The molecule has 0 radical (unpaired) electrons. The number of benzene rings is 1. The van der Waals surface area contributed by atoms with Gasteiger partial charge in [-0.15, -0.1) is 0 Å². The summed E-state index contributed by atoms with van der Waals surface area (Å²) in [6.45, 7) is 4.80. The normalized spacial score (nSPS) is 21.4. The van der Waals surface area contributed by atoms with E-state index < -0.39 is 0 Å². The zero-order chi connectivity index (χ0) is 12.3. The highest BCUT2D eigenvalue weighted by Crippen LogP contribution is 2.29. The van der Waals surface area contributed by atoms with Crippen molar-refractivity contribution in [2.75, 3.05) is 24.5 Å². The van der Waals surface area contributed by atoms with Gasteiger partial charge in [-0.3, -0.25) is 0 Å². The summed E-state index contributed by atoms with van der Waals surface area (Å²) in [6.07, 6.45) is 2.06. The lowest BCUT2D eigenvalue weighted by molar-refractivity contribution is 0.526. The van der Waals surface area contributed by atoms with Crippen LogP contribution in [0.1, 0.15) is 19.8 Å². The SMILES string of the molecule is CCC1CN(c2c(F)cccc2Cl)CCCN1. The minimum absolute atomic E-state index is 0.228. The fourth-order valence-corrected chi connectivity index (χ4v) is 2.55. The van der Waals surface area contributed by atoms with E-state index in [9.17, 15) is 4.39 Å². The van der Waals surface area contributed by atoms with Gasteiger partial charge in [0.05, 0.1) is 10.7 Å². The Morgan fingerprint density at radius 3 is 3.06 bits per heavy atom. The molecule has 1 heterocycles. The molecule has 17 heavy (non-hydrogen) atoms. The maximum atomic E-state index is 13.9. The van der Waals surface area contributed by atoms with Crippen LogP contribution in [-0.4, -0.2) is 25.7 Å². The van der Waals surface area contributed by atoms with Crippen molar-refractivity contribution >= 4 is 17.3 Å². The van der Waals surface area contributed by atoms with Crippen LogP contribution in [0, 0.1) is 5.82 Å². The Balaban J connectivity index is 2.25. The van der Waals surface area contributed by atoms with Crippen molar-refractivity contribution in [3.63, 3.8) is 0 Å². The van der Waals surface area contributed by atoms with E-state index >= 15 is 0 Å². The second-order valence-corrected chi connectivity index (χ2v) is 4.84. The summed E-state index contributed by atoms with van der Waals surface area (Å²) in [6, 6.07) is 5.28. The van der Waals surface area contributed by atoms with E-state index in [1.165, 1.54) is 6.07 Å². The van der Waals surface area contributed by atoms with Crippen molar-refractivity contribution in [3.8, 4) is 0 Å². The molecule has 2 rings (SSSR count). The highest BCUT2D eigenvalue weighted by molar-refractivity contribution is 6.33. The largest absolute Gasteiger partial charge is 0.366 e. The monoisotopic (exact) mass is 256 g/mol. The molecule has 0 aliphatic carbocycles. The third-order valence-corrected chi connectivity index (χ3v) is 3.53. The lowest BCUT2D eigenvalue weighted by Gasteiger charge is -2.27. The van der Waals surface area contributed by atoms with Crippen LogP contribution in [-0.2, 0) is 0 Å². The number of hydrogen-bond acceptors (Lipinski definition) is 2. The zero-order valence-electron chi connectivity index (χ0n) is 10.0. The molecule has 1 atom stereocenters. The van der Waals surface area contributed by atoms with Gasteiger partial charge in [0.25, 0.3) is 0 Å². The topological polar surface area (TPSA) is 15.3 Å². The van der Waals surface area contributed by atoms with E-state index in [1.54, 1.807) is 12.1 Å². The molecule has 0 saturated carbocycles. The van der Waals surface area contributed by atoms with Gasteiger partial charge in [0.2, 0.25) is 0 Å². The summed E-state index contributed by atoms with van der Waals surface area (Å²) < 4.78 is 13.9. The van der Waals surface area contributed by atoms with Crippen molar-refractivity contribution in [1.29, 1.82) is 0 Å². The molecule has 4 heteroatoms. The second-order valence-electron chi connectivity index (χ2n) is 4.43. The van der Waals surface area contributed by atoms with Crippen LogP contribution in [0.3, 0.4) is 0 Å². The van der Waals surface area contributed by atoms with Gasteiger partial charge >= 0.3 is 0 Å². The van der Waals surface area contributed by atoms with Gasteiger partial charge in [-0.2, -0.15) is 0 Å². The molecule has 1 aliphatic rings. The van der Waals surface area contributed by atoms with Gasteiger partial charge in [0.15, 0.2) is 0 Å². The van der Waals surface area contributed by atoms with Crippen molar-refractivity contribution < 1.29 is 4.39 Å². The Kier molecular flexibility index (Phi) is 4.24. The first-order chi connectivity index (χ1) is 8.22. The molecule has 0 aromatic heterocycles. The molecule has 1 fully saturated rings. The molecule has 2 nitrogen and oxygen atoms in total. The molecular weight excluding hydrogens is 239 g/mol.